The van der Waals surface area contributed by atoms with Crippen LogP contribution in [0.2, 0.25) is 0 Å². The second-order valence-electron chi connectivity index (χ2n) is 7.21. The lowest BCUT2D eigenvalue weighted by atomic mass is 10.1. The SMILES string of the molecule is CN(C)C1CCN(C(=O)c2ccc(Cn3ccc4cccnc43)cc2)C1. The van der Waals surface area contributed by atoms with E-state index >= 15 is 0 Å². The van der Waals surface area contributed by atoms with Crippen LogP contribution in [0.15, 0.2) is 54.9 Å². The van der Waals surface area contributed by atoms with Crippen LogP contribution in [0.3, 0.4) is 0 Å². The molecule has 3 heterocycles. The molecular formula is C21H24N4O. The van der Waals surface area contributed by atoms with Crippen LogP contribution in [-0.4, -0.2) is 58.5 Å². The highest BCUT2D eigenvalue weighted by atomic mass is 16.2. The predicted molar refractivity (Wildman–Crippen MR) is 103 cm³/mol. The molecule has 1 aromatic carbocycles. The average Bonchev–Trinajstić information content (AvgIpc) is 3.30. The van der Waals surface area contributed by atoms with Crippen molar-refractivity contribution in [1.29, 1.82) is 0 Å². The summed E-state index contributed by atoms with van der Waals surface area (Å²) >= 11 is 0. The number of nitrogens with zero attached hydrogens (tertiary/aromatic N) is 4. The quantitative estimate of drug-likeness (QED) is 0.728. The van der Waals surface area contributed by atoms with Crippen molar-refractivity contribution < 1.29 is 4.79 Å². The van der Waals surface area contributed by atoms with Gasteiger partial charge in [-0.1, -0.05) is 12.1 Å². The Morgan fingerprint density at radius 3 is 2.73 bits per heavy atom. The van der Waals surface area contributed by atoms with Crippen molar-refractivity contribution in [2.24, 2.45) is 0 Å². The molecule has 1 atom stereocenters. The van der Waals surface area contributed by atoms with E-state index in [2.05, 4.69) is 46.9 Å². The van der Waals surface area contributed by atoms with Gasteiger partial charge in [-0.3, -0.25) is 4.79 Å². The number of carbonyl (C=O) groups excluding carboxylic acids is 1. The number of amides is 1. The molecule has 2 aromatic heterocycles. The maximum Gasteiger partial charge on any atom is 0.253 e. The minimum Gasteiger partial charge on any atom is -0.337 e. The fourth-order valence-electron chi connectivity index (χ4n) is 3.63. The zero-order valence-electron chi connectivity index (χ0n) is 15.3. The number of fused-ring (bicyclic) bond motifs is 1. The molecule has 26 heavy (non-hydrogen) atoms. The fraction of sp³-hybridized carbons (Fsp3) is 0.333. The monoisotopic (exact) mass is 348 g/mol. The van der Waals surface area contributed by atoms with E-state index in [1.54, 1.807) is 0 Å². The Morgan fingerprint density at radius 1 is 1.19 bits per heavy atom. The van der Waals surface area contributed by atoms with Crippen LogP contribution >= 0.6 is 0 Å². The van der Waals surface area contributed by atoms with Crippen LogP contribution < -0.4 is 0 Å². The molecule has 0 radical (unpaired) electrons. The largest absolute Gasteiger partial charge is 0.337 e. The molecule has 134 valence electrons. The van der Waals surface area contributed by atoms with Crippen LogP contribution in [-0.2, 0) is 6.54 Å². The van der Waals surface area contributed by atoms with Gasteiger partial charge >= 0.3 is 0 Å². The number of hydrogen-bond acceptors (Lipinski definition) is 3. The lowest BCUT2D eigenvalue weighted by molar-refractivity contribution is 0.0783. The molecule has 5 nitrogen and oxygen atoms in total. The molecule has 1 fully saturated rings. The van der Waals surface area contributed by atoms with Crippen molar-refractivity contribution in [3.05, 3.63) is 66.0 Å². The number of hydrogen-bond donors (Lipinski definition) is 0. The first-order valence-electron chi connectivity index (χ1n) is 9.06. The number of pyridine rings is 1. The maximum atomic E-state index is 12.7. The Hall–Kier alpha value is -2.66. The van der Waals surface area contributed by atoms with Gasteiger partial charge in [0.1, 0.15) is 5.65 Å². The van der Waals surface area contributed by atoms with Crippen molar-refractivity contribution >= 4 is 16.9 Å². The van der Waals surface area contributed by atoms with Gasteiger partial charge in [0.25, 0.3) is 5.91 Å². The summed E-state index contributed by atoms with van der Waals surface area (Å²) in [5, 5.41) is 1.14. The van der Waals surface area contributed by atoms with E-state index in [9.17, 15) is 4.79 Å². The van der Waals surface area contributed by atoms with Gasteiger partial charge in [-0.15, -0.1) is 0 Å². The summed E-state index contributed by atoms with van der Waals surface area (Å²) in [6.07, 6.45) is 4.92. The Morgan fingerprint density at radius 2 is 2.00 bits per heavy atom. The lowest BCUT2D eigenvalue weighted by Crippen LogP contribution is -2.34. The summed E-state index contributed by atoms with van der Waals surface area (Å²) in [6, 6.07) is 14.5. The molecule has 0 spiro atoms. The van der Waals surface area contributed by atoms with Gasteiger partial charge in [-0.2, -0.15) is 0 Å². The highest BCUT2D eigenvalue weighted by molar-refractivity contribution is 5.94. The average molecular weight is 348 g/mol. The van der Waals surface area contributed by atoms with Crippen molar-refractivity contribution in [2.45, 2.75) is 19.0 Å². The summed E-state index contributed by atoms with van der Waals surface area (Å²) in [4.78, 5) is 21.3. The normalized spacial score (nSPS) is 17.3. The third-order valence-corrected chi connectivity index (χ3v) is 5.26. The Kier molecular flexibility index (Phi) is 4.47. The molecule has 0 N–H and O–H groups in total. The summed E-state index contributed by atoms with van der Waals surface area (Å²) in [5.74, 6) is 0.133. The Bertz CT molecular complexity index is 913. The number of likely N-dealkylation sites (tertiary alicyclic amines) is 1. The smallest absolute Gasteiger partial charge is 0.253 e. The summed E-state index contributed by atoms with van der Waals surface area (Å²) < 4.78 is 2.13. The third kappa shape index (κ3) is 3.22. The third-order valence-electron chi connectivity index (χ3n) is 5.26. The highest BCUT2D eigenvalue weighted by Crippen LogP contribution is 2.18. The van der Waals surface area contributed by atoms with Gasteiger partial charge in [-0.25, -0.2) is 4.98 Å². The minimum atomic E-state index is 0.133. The summed E-state index contributed by atoms with van der Waals surface area (Å²) in [5.41, 5.74) is 2.92. The molecule has 5 heteroatoms. The van der Waals surface area contributed by atoms with E-state index < -0.39 is 0 Å². The van der Waals surface area contributed by atoms with Crippen molar-refractivity contribution in [3.63, 3.8) is 0 Å². The molecule has 1 aliphatic rings. The van der Waals surface area contributed by atoms with Crippen LogP contribution in [0.1, 0.15) is 22.3 Å². The Balaban J connectivity index is 1.46. The standard InChI is InChI=1S/C21H24N4O/c1-23(2)19-10-13-25(15-19)21(26)18-7-5-16(6-8-18)14-24-12-9-17-4-3-11-22-20(17)24/h3-9,11-12,19H,10,13-15H2,1-2H3. The van der Waals surface area contributed by atoms with E-state index in [4.69, 9.17) is 0 Å². The molecular weight excluding hydrogens is 324 g/mol. The second kappa shape index (κ2) is 6.92. The fourth-order valence-corrected chi connectivity index (χ4v) is 3.63. The van der Waals surface area contributed by atoms with Crippen LogP contribution in [0, 0.1) is 0 Å². The van der Waals surface area contributed by atoms with Crippen molar-refractivity contribution in [2.75, 3.05) is 27.2 Å². The van der Waals surface area contributed by atoms with Crippen molar-refractivity contribution in [3.8, 4) is 0 Å². The number of aromatic nitrogens is 2. The first-order valence-corrected chi connectivity index (χ1v) is 9.06. The van der Waals surface area contributed by atoms with Gasteiger partial charge in [0.15, 0.2) is 0 Å². The lowest BCUT2D eigenvalue weighted by Gasteiger charge is -2.20. The molecule has 1 unspecified atom stereocenters. The molecule has 1 saturated heterocycles. The first-order chi connectivity index (χ1) is 12.6. The molecule has 1 aliphatic heterocycles. The molecule has 0 saturated carbocycles. The van der Waals surface area contributed by atoms with Crippen LogP contribution in [0.5, 0.6) is 0 Å². The number of carbonyl (C=O) groups is 1. The zero-order valence-corrected chi connectivity index (χ0v) is 15.3. The van der Waals surface area contributed by atoms with Crippen LogP contribution in [0.25, 0.3) is 11.0 Å². The van der Waals surface area contributed by atoms with Gasteiger partial charge < -0.3 is 14.4 Å². The maximum absolute atomic E-state index is 12.7. The number of benzene rings is 1. The molecule has 3 aromatic rings. The zero-order chi connectivity index (χ0) is 18.1. The predicted octanol–water partition coefficient (Wildman–Crippen LogP) is 2.86. The van der Waals surface area contributed by atoms with E-state index in [1.165, 1.54) is 0 Å². The number of rotatable bonds is 4. The Labute approximate surface area is 153 Å². The highest BCUT2D eigenvalue weighted by Gasteiger charge is 2.27. The van der Waals surface area contributed by atoms with Crippen LogP contribution in [0.4, 0.5) is 0 Å². The van der Waals surface area contributed by atoms with E-state index in [1.807, 2.05) is 41.4 Å². The van der Waals surface area contributed by atoms with E-state index in [-0.39, 0.29) is 5.91 Å². The summed E-state index contributed by atoms with van der Waals surface area (Å²) in [6.45, 7) is 2.40. The van der Waals surface area contributed by atoms with Gasteiger partial charge in [0.2, 0.25) is 0 Å². The number of likely N-dealkylation sites (N-methyl/N-ethyl adjacent to an activating group) is 1. The van der Waals surface area contributed by atoms with E-state index in [0.29, 0.717) is 6.04 Å². The summed E-state index contributed by atoms with van der Waals surface area (Å²) in [7, 11) is 4.15. The van der Waals surface area contributed by atoms with Gasteiger partial charge in [0, 0.05) is 49.0 Å². The van der Waals surface area contributed by atoms with Gasteiger partial charge in [0.05, 0.1) is 0 Å². The van der Waals surface area contributed by atoms with Crippen molar-refractivity contribution in [1.82, 2.24) is 19.4 Å². The molecule has 4 rings (SSSR count). The first kappa shape index (κ1) is 16.8. The minimum absolute atomic E-state index is 0.133. The second-order valence-corrected chi connectivity index (χ2v) is 7.21. The molecule has 1 amide bonds. The topological polar surface area (TPSA) is 41.4 Å². The van der Waals surface area contributed by atoms with E-state index in [0.717, 1.165) is 48.2 Å². The molecule has 0 bridgehead atoms. The molecule has 0 aliphatic carbocycles. The van der Waals surface area contributed by atoms with Gasteiger partial charge in [-0.05, 0) is 56.4 Å².